The van der Waals surface area contributed by atoms with Crippen molar-refractivity contribution in [2.24, 2.45) is 5.92 Å². The molecule has 19 heavy (non-hydrogen) atoms. The van der Waals surface area contributed by atoms with Gasteiger partial charge < -0.3 is 10.2 Å². The fourth-order valence-electron chi connectivity index (χ4n) is 2.13. The van der Waals surface area contributed by atoms with E-state index < -0.39 is 0 Å². The Hall–Kier alpha value is -1.35. The van der Waals surface area contributed by atoms with Crippen LogP contribution in [0.5, 0.6) is 0 Å². The van der Waals surface area contributed by atoms with Crippen LogP contribution in [-0.2, 0) is 11.2 Å². The number of hydrogen-bond acceptors (Lipinski definition) is 2. The van der Waals surface area contributed by atoms with Crippen molar-refractivity contribution in [3.8, 4) is 0 Å². The van der Waals surface area contributed by atoms with Crippen molar-refractivity contribution in [2.45, 2.75) is 26.7 Å². The molecule has 0 saturated heterocycles. The molecule has 0 spiro atoms. The summed E-state index contributed by atoms with van der Waals surface area (Å²) < 4.78 is 0. The van der Waals surface area contributed by atoms with Crippen LogP contribution in [-0.4, -0.2) is 38.0 Å². The number of likely N-dealkylation sites (N-methyl/N-ethyl adjacent to an activating group) is 1. The SMILES string of the molecule is CCC(CNC)C(=O)N(C)CCc1ccc(C)cc1. The van der Waals surface area contributed by atoms with E-state index in [1.807, 2.05) is 19.0 Å². The highest BCUT2D eigenvalue weighted by molar-refractivity contribution is 5.78. The lowest BCUT2D eigenvalue weighted by Gasteiger charge is -2.23. The van der Waals surface area contributed by atoms with Gasteiger partial charge in [0.2, 0.25) is 5.91 Å². The lowest BCUT2D eigenvalue weighted by Crippen LogP contribution is -2.38. The smallest absolute Gasteiger partial charge is 0.226 e. The minimum absolute atomic E-state index is 0.0908. The largest absolute Gasteiger partial charge is 0.345 e. The highest BCUT2D eigenvalue weighted by Crippen LogP contribution is 2.08. The molecule has 0 radical (unpaired) electrons. The molecule has 3 heteroatoms. The zero-order chi connectivity index (χ0) is 14.3. The number of hydrogen-bond donors (Lipinski definition) is 1. The summed E-state index contributed by atoms with van der Waals surface area (Å²) >= 11 is 0. The maximum atomic E-state index is 12.2. The summed E-state index contributed by atoms with van der Waals surface area (Å²) in [6.45, 7) is 5.68. The van der Waals surface area contributed by atoms with Crippen LogP contribution in [0, 0.1) is 12.8 Å². The molecule has 0 bridgehead atoms. The summed E-state index contributed by atoms with van der Waals surface area (Å²) in [7, 11) is 3.79. The normalized spacial score (nSPS) is 12.2. The van der Waals surface area contributed by atoms with Crippen molar-refractivity contribution < 1.29 is 4.79 Å². The molecule has 0 fully saturated rings. The molecule has 1 N–H and O–H groups in total. The van der Waals surface area contributed by atoms with Gasteiger partial charge >= 0.3 is 0 Å². The minimum Gasteiger partial charge on any atom is -0.345 e. The van der Waals surface area contributed by atoms with Crippen molar-refractivity contribution in [3.05, 3.63) is 35.4 Å². The molecular weight excluding hydrogens is 236 g/mol. The lowest BCUT2D eigenvalue weighted by atomic mass is 10.0. The van der Waals surface area contributed by atoms with Gasteiger partial charge in [0, 0.05) is 20.1 Å². The molecule has 1 unspecified atom stereocenters. The van der Waals surface area contributed by atoms with Crippen LogP contribution in [0.25, 0.3) is 0 Å². The number of rotatable bonds is 7. The highest BCUT2D eigenvalue weighted by Gasteiger charge is 2.19. The number of amides is 1. The van der Waals surface area contributed by atoms with Crippen molar-refractivity contribution >= 4 is 5.91 Å². The second kappa shape index (κ2) is 7.95. The molecule has 0 aromatic heterocycles. The predicted octanol–water partition coefficient (Wildman–Crippen LogP) is 2.24. The molecule has 106 valence electrons. The summed E-state index contributed by atoms with van der Waals surface area (Å²) in [6, 6.07) is 8.51. The molecule has 0 saturated carbocycles. The van der Waals surface area contributed by atoms with E-state index in [2.05, 4.69) is 43.4 Å². The van der Waals surface area contributed by atoms with Crippen LogP contribution < -0.4 is 5.32 Å². The second-order valence-electron chi connectivity index (χ2n) is 5.16. The summed E-state index contributed by atoms with van der Waals surface area (Å²) in [4.78, 5) is 14.1. The molecule has 1 aromatic carbocycles. The van der Waals surface area contributed by atoms with E-state index in [0.717, 1.165) is 25.9 Å². The molecule has 1 amide bonds. The molecule has 1 atom stereocenters. The highest BCUT2D eigenvalue weighted by atomic mass is 16.2. The van der Waals surface area contributed by atoms with E-state index in [4.69, 9.17) is 0 Å². The van der Waals surface area contributed by atoms with Gasteiger partial charge in [0.25, 0.3) is 0 Å². The Morgan fingerprint density at radius 1 is 1.32 bits per heavy atom. The summed E-state index contributed by atoms with van der Waals surface area (Å²) in [5.41, 5.74) is 2.56. The number of benzene rings is 1. The van der Waals surface area contributed by atoms with Crippen LogP contribution >= 0.6 is 0 Å². The van der Waals surface area contributed by atoms with Crippen molar-refractivity contribution in [3.63, 3.8) is 0 Å². The molecule has 3 nitrogen and oxygen atoms in total. The van der Waals surface area contributed by atoms with Crippen LogP contribution in [0.3, 0.4) is 0 Å². The Morgan fingerprint density at radius 2 is 1.95 bits per heavy atom. The average molecular weight is 262 g/mol. The third kappa shape index (κ3) is 5.03. The number of nitrogens with one attached hydrogen (secondary N) is 1. The molecule has 1 aromatic rings. The lowest BCUT2D eigenvalue weighted by molar-refractivity contribution is -0.134. The van der Waals surface area contributed by atoms with Gasteiger partial charge in [-0.25, -0.2) is 0 Å². The molecule has 0 heterocycles. The number of carbonyl (C=O) groups is 1. The fourth-order valence-corrected chi connectivity index (χ4v) is 2.13. The van der Waals surface area contributed by atoms with Gasteiger partial charge in [-0.1, -0.05) is 36.8 Å². The van der Waals surface area contributed by atoms with Gasteiger partial charge in [0.05, 0.1) is 5.92 Å². The number of aryl methyl sites for hydroxylation is 1. The average Bonchev–Trinajstić information content (AvgIpc) is 2.43. The summed E-state index contributed by atoms with van der Waals surface area (Å²) in [6.07, 6.45) is 1.80. The van der Waals surface area contributed by atoms with Crippen LogP contribution in [0.4, 0.5) is 0 Å². The topological polar surface area (TPSA) is 32.3 Å². The van der Waals surface area contributed by atoms with E-state index in [1.54, 1.807) is 0 Å². The zero-order valence-corrected chi connectivity index (χ0v) is 12.6. The fraction of sp³-hybridized carbons (Fsp3) is 0.562. The van der Waals surface area contributed by atoms with Gasteiger partial charge in [0.1, 0.15) is 0 Å². The van der Waals surface area contributed by atoms with E-state index in [9.17, 15) is 4.79 Å². The predicted molar refractivity (Wildman–Crippen MR) is 80.2 cm³/mol. The third-order valence-electron chi connectivity index (χ3n) is 3.53. The van der Waals surface area contributed by atoms with Crippen molar-refractivity contribution in [1.29, 1.82) is 0 Å². The molecule has 0 aliphatic heterocycles. The number of carbonyl (C=O) groups excluding carboxylic acids is 1. The van der Waals surface area contributed by atoms with Gasteiger partial charge in [-0.05, 0) is 32.4 Å². The van der Waals surface area contributed by atoms with Crippen molar-refractivity contribution in [2.75, 3.05) is 27.2 Å². The van der Waals surface area contributed by atoms with E-state index >= 15 is 0 Å². The van der Waals surface area contributed by atoms with Crippen LogP contribution in [0.15, 0.2) is 24.3 Å². The maximum absolute atomic E-state index is 12.2. The first-order chi connectivity index (χ1) is 9.08. The second-order valence-corrected chi connectivity index (χ2v) is 5.16. The Kier molecular flexibility index (Phi) is 6.57. The molecule has 0 aliphatic rings. The Labute approximate surface area is 117 Å². The van der Waals surface area contributed by atoms with E-state index in [0.29, 0.717) is 0 Å². The minimum atomic E-state index is 0.0908. The number of nitrogens with zero attached hydrogens (tertiary/aromatic N) is 1. The quantitative estimate of drug-likeness (QED) is 0.817. The Bertz CT molecular complexity index is 386. The van der Waals surface area contributed by atoms with Gasteiger partial charge in [0.15, 0.2) is 0 Å². The summed E-state index contributed by atoms with van der Waals surface area (Å²) in [5, 5.41) is 3.09. The maximum Gasteiger partial charge on any atom is 0.226 e. The van der Waals surface area contributed by atoms with E-state index in [1.165, 1.54) is 11.1 Å². The van der Waals surface area contributed by atoms with Crippen LogP contribution in [0.1, 0.15) is 24.5 Å². The molecular formula is C16H26N2O. The van der Waals surface area contributed by atoms with Gasteiger partial charge in [-0.3, -0.25) is 4.79 Å². The molecule has 0 aliphatic carbocycles. The zero-order valence-electron chi connectivity index (χ0n) is 12.6. The standard InChI is InChI=1S/C16H26N2O/c1-5-15(12-17-3)16(19)18(4)11-10-14-8-6-13(2)7-9-14/h6-9,15,17H,5,10-12H2,1-4H3. The first-order valence-electron chi connectivity index (χ1n) is 7.03. The first-order valence-corrected chi connectivity index (χ1v) is 7.03. The monoisotopic (exact) mass is 262 g/mol. The van der Waals surface area contributed by atoms with E-state index in [-0.39, 0.29) is 11.8 Å². The Morgan fingerprint density at radius 3 is 2.47 bits per heavy atom. The third-order valence-corrected chi connectivity index (χ3v) is 3.53. The Balaban J connectivity index is 2.47. The van der Waals surface area contributed by atoms with Crippen LogP contribution in [0.2, 0.25) is 0 Å². The van der Waals surface area contributed by atoms with Gasteiger partial charge in [-0.15, -0.1) is 0 Å². The summed E-state index contributed by atoms with van der Waals surface area (Å²) in [5.74, 6) is 0.331. The molecule has 1 rings (SSSR count). The first kappa shape index (κ1) is 15.7. The van der Waals surface area contributed by atoms with Gasteiger partial charge in [-0.2, -0.15) is 0 Å². The van der Waals surface area contributed by atoms with Crippen molar-refractivity contribution in [1.82, 2.24) is 10.2 Å².